The standard InChI is InChI=1S/C22H36O5/c1-5-7-14-24-18(3)16-26-22(21(23)20-12-10-9-11-13-20)27-17-19(4)25-15-8-6-2/h9-13,18-19,22H,5-8,14-17H2,1-4H3. The summed E-state index contributed by atoms with van der Waals surface area (Å²) in [6, 6.07) is 9.07. The van der Waals surface area contributed by atoms with Crippen LogP contribution in [0.4, 0.5) is 0 Å². The van der Waals surface area contributed by atoms with Crippen molar-refractivity contribution in [2.45, 2.75) is 71.9 Å². The highest BCUT2D eigenvalue weighted by molar-refractivity contribution is 5.98. The minimum atomic E-state index is -0.957. The van der Waals surface area contributed by atoms with E-state index < -0.39 is 6.29 Å². The number of hydrogen-bond donors (Lipinski definition) is 0. The number of rotatable bonds is 16. The average Bonchev–Trinajstić information content (AvgIpc) is 2.68. The maximum atomic E-state index is 12.8. The van der Waals surface area contributed by atoms with E-state index in [0.29, 0.717) is 32.0 Å². The van der Waals surface area contributed by atoms with Crippen LogP contribution in [0.15, 0.2) is 30.3 Å². The number of benzene rings is 1. The van der Waals surface area contributed by atoms with Gasteiger partial charge in [-0.2, -0.15) is 0 Å². The molecule has 0 bridgehead atoms. The van der Waals surface area contributed by atoms with Gasteiger partial charge in [-0.1, -0.05) is 57.0 Å². The molecule has 0 aliphatic rings. The van der Waals surface area contributed by atoms with Gasteiger partial charge in [-0.25, -0.2) is 0 Å². The molecule has 1 aromatic rings. The van der Waals surface area contributed by atoms with Crippen molar-refractivity contribution in [3.05, 3.63) is 35.9 Å². The van der Waals surface area contributed by atoms with Crippen LogP contribution in [-0.4, -0.2) is 50.7 Å². The summed E-state index contributed by atoms with van der Waals surface area (Å²) in [5, 5.41) is 0. The minimum Gasteiger partial charge on any atom is -0.376 e. The first kappa shape index (κ1) is 23.8. The van der Waals surface area contributed by atoms with Crippen molar-refractivity contribution < 1.29 is 23.7 Å². The van der Waals surface area contributed by atoms with Gasteiger partial charge in [-0.3, -0.25) is 4.79 Å². The largest absolute Gasteiger partial charge is 0.376 e. The zero-order valence-corrected chi connectivity index (χ0v) is 17.3. The van der Waals surface area contributed by atoms with Gasteiger partial charge in [-0.15, -0.1) is 0 Å². The third kappa shape index (κ3) is 10.6. The topological polar surface area (TPSA) is 54.0 Å². The van der Waals surface area contributed by atoms with Gasteiger partial charge in [0.25, 0.3) is 0 Å². The Labute approximate surface area is 164 Å². The fourth-order valence-electron chi connectivity index (χ4n) is 2.34. The van der Waals surface area contributed by atoms with Crippen LogP contribution >= 0.6 is 0 Å². The molecular formula is C22H36O5. The van der Waals surface area contributed by atoms with Crippen LogP contribution in [-0.2, 0) is 18.9 Å². The van der Waals surface area contributed by atoms with Crippen molar-refractivity contribution in [2.75, 3.05) is 26.4 Å². The van der Waals surface area contributed by atoms with Gasteiger partial charge < -0.3 is 18.9 Å². The van der Waals surface area contributed by atoms with E-state index in [1.54, 1.807) is 12.1 Å². The van der Waals surface area contributed by atoms with Crippen molar-refractivity contribution in [1.82, 2.24) is 0 Å². The molecule has 0 radical (unpaired) electrons. The Hall–Kier alpha value is -1.27. The predicted octanol–water partition coefficient (Wildman–Crippen LogP) is 4.64. The number of carbonyl (C=O) groups is 1. The van der Waals surface area contributed by atoms with E-state index in [1.807, 2.05) is 32.0 Å². The van der Waals surface area contributed by atoms with Crippen LogP contribution < -0.4 is 0 Å². The SMILES string of the molecule is CCCCOC(C)COC(OCC(C)OCCCC)C(=O)c1ccccc1. The Morgan fingerprint density at radius 3 is 1.74 bits per heavy atom. The van der Waals surface area contributed by atoms with Crippen LogP contribution in [0.1, 0.15) is 63.7 Å². The summed E-state index contributed by atoms with van der Waals surface area (Å²) < 4.78 is 22.9. The average molecular weight is 381 g/mol. The zero-order valence-electron chi connectivity index (χ0n) is 17.3. The molecule has 1 aromatic carbocycles. The highest BCUT2D eigenvalue weighted by atomic mass is 16.7. The molecule has 0 aromatic heterocycles. The number of unbranched alkanes of at least 4 members (excludes halogenated alkanes) is 2. The Morgan fingerprint density at radius 2 is 1.30 bits per heavy atom. The maximum Gasteiger partial charge on any atom is 0.222 e. The molecule has 0 saturated carbocycles. The number of ketones is 1. The van der Waals surface area contributed by atoms with E-state index in [9.17, 15) is 4.79 Å². The molecule has 0 N–H and O–H groups in total. The maximum absolute atomic E-state index is 12.8. The van der Waals surface area contributed by atoms with Crippen LogP contribution in [0, 0.1) is 0 Å². The summed E-state index contributed by atoms with van der Waals surface area (Å²) in [4.78, 5) is 12.8. The van der Waals surface area contributed by atoms with Crippen LogP contribution in [0.5, 0.6) is 0 Å². The van der Waals surface area contributed by atoms with Crippen LogP contribution in [0.25, 0.3) is 0 Å². The first-order valence-corrected chi connectivity index (χ1v) is 10.1. The van der Waals surface area contributed by atoms with Crippen molar-refractivity contribution in [3.63, 3.8) is 0 Å². The van der Waals surface area contributed by atoms with Gasteiger partial charge in [0.1, 0.15) is 0 Å². The first-order valence-electron chi connectivity index (χ1n) is 10.1. The molecule has 2 unspecified atom stereocenters. The fraction of sp³-hybridized carbons (Fsp3) is 0.682. The Kier molecular flexibility index (Phi) is 13.0. The van der Waals surface area contributed by atoms with Gasteiger partial charge in [-0.05, 0) is 26.7 Å². The molecule has 5 heteroatoms. The second-order valence-corrected chi connectivity index (χ2v) is 6.80. The van der Waals surface area contributed by atoms with E-state index >= 15 is 0 Å². The molecule has 0 fully saturated rings. The van der Waals surface area contributed by atoms with Gasteiger partial charge in [0.15, 0.2) is 0 Å². The normalized spacial score (nSPS) is 14.7. The summed E-state index contributed by atoms with van der Waals surface area (Å²) in [5.41, 5.74) is 0.571. The van der Waals surface area contributed by atoms with E-state index in [4.69, 9.17) is 18.9 Å². The van der Waals surface area contributed by atoms with E-state index in [0.717, 1.165) is 25.7 Å². The molecule has 0 spiro atoms. The van der Waals surface area contributed by atoms with Gasteiger partial charge in [0, 0.05) is 18.8 Å². The number of Topliss-reactive ketones (excluding diaryl/α,β-unsaturated/α-hetero) is 1. The molecule has 0 heterocycles. The number of hydrogen-bond acceptors (Lipinski definition) is 5. The molecule has 27 heavy (non-hydrogen) atoms. The highest BCUT2D eigenvalue weighted by Crippen LogP contribution is 2.10. The van der Waals surface area contributed by atoms with Crippen molar-refractivity contribution in [3.8, 4) is 0 Å². The fourth-order valence-corrected chi connectivity index (χ4v) is 2.34. The second-order valence-electron chi connectivity index (χ2n) is 6.80. The van der Waals surface area contributed by atoms with E-state index in [-0.39, 0.29) is 18.0 Å². The van der Waals surface area contributed by atoms with Crippen LogP contribution in [0.2, 0.25) is 0 Å². The summed E-state index contributed by atoms with van der Waals surface area (Å²) in [5.74, 6) is -0.183. The van der Waals surface area contributed by atoms with E-state index in [1.165, 1.54) is 0 Å². The Bertz CT molecular complexity index is 471. The lowest BCUT2D eigenvalue weighted by Crippen LogP contribution is -2.33. The molecule has 0 aliphatic heterocycles. The third-order valence-corrected chi connectivity index (χ3v) is 4.04. The number of ether oxygens (including phenoxy) is 4. The summed E-state index contributed by atoms with van der Waals surface area (Å²) >= 11 is 0. The molecule has 154 valence electrons. The number of carbonyl (C=O) groups excluding carboxylic acids is 1. The lowest BCUT2D eigenvalue weighted by molar-refractivity contribution is -0.152. The third-order valence-electron chi connectivity index (χ3n) is 4.04. The molecule has 0 saturated heterocycles. The molecular weight excluding hydrogens is 344 g/mol. The van der Waals surface area contributed by atoms with E-state index in [2.05, 4.69) is 13.8 Å². The molecule has 2 atom stereocenters. The van der Waals surface area contributed by atoms with Crippen LogP contribution in [0.3, 0.4) is 0 Å². The second kappa shape index (κ2) is 14.7. The van der Waals surface area contributed by atoms with Crippen molar-refractivity contribution >= 4 is 5.78 Å². The van der Waals surface area contributed by atoms with Gasteiger partial charge in [0.05, 0.1) is 25.4 Å². The molecule has 0 aliphatic carbocycles. The van der Waals surface area contributed by atoms with Gasteiger partial charge >= 0.3 is 0 Å². The smallest absolute Gasteiger partial charge is 0.222 e. The van der Waals surface area contributed by atoms with Crippen molar-refractivity contribution in [1.29, 1.82) is 0 Å². The van der Waals surface area contributed by atoms with Crippen molar-refractivity contribution in [2.24, 2.45) is 0 Å². The molecule has 5 nitrogen and oxygen atoms in total. The molecule has 0 amide bonds. The lowest BCUT2D eigenvalue weighted by Gasteiger charge is -2.22. The Balaban J connectivity index is 2.56. The zero-order chi connectivity index (χ0) is 19.9. The Morgan fingerprint density at radius 1 is 0.815 bits per heavy atom. The summed E-state index contributed by atoms with van der Waals surface area (Å²) in [7, 11) is 0. The minimum absolute atomic E-state index is 0.0931. The monoisotopic (exact) mass is 380 g/mol. The summed E-state index contributed by atoms with van der Waals surface area (Å²) in [6.07, 6.45) is 3.05. The lowest BCUT2D eigenvalue weighted by atomic mass is 10.1. The first-order chi connectivity index (χ1) is 13.1. The van der Waals surface area contributed by atoms with Gasteiger partial charge in [0.2, 0.25) is 12.1 Å². The summed E-state index contributed by atoms with van der Waals surface area (Å²) in [6.45, 7) is 10.1. The predicted molar refractivity (Wildman–Crippen MR) is 107 cm³/mol. The molecule has 1 rings (SSSR count). The quantitative estimate of drug-likeness (QED) is 0.238. The highest BCUT2D eigenvalue weighted by Gasteiger charge is 2.23.